The number of aromatic nitrogens is 1. The molecule has 0 amide bonds. The lowest BCUT2D eigenvalue weighted by atomic mass is 9.93. The molecular formula is C19H15NO2. The van der Waals surface area contributed by atoms with Crippen molar-refractivity contribution in [1.82, 2.24) is 4.98 Å². The van der Waals surface area contributed by atoms with Gasteiger partial charge in [-0.1, -0.05) is 24.3 Å². The van der Waals surface area contributed by atoms with Crippen LogP contribution < -0.4 is 4.74 Å². The molecule has 4 rings (SSSR count). The van der Waals surface area contributed by atoms with E-state index in [1.165, 1.54) is 0 Å². The minimum atomic E-state index is 0.185. The molecule has 3 nitrogen and oxygen atoms in total. The predicted octanol–water partition coefficient (Wildman–Crippen LogP) is 4.55. The Morgan fingerprint density at radius 2 is 1.82 bits per heavy atom. The largest absolute Gasteiger partial charge is 0.457 e. The second-order valence-electron chi connectivity index (χ2n) is 5.50. The number of hydrogen-bond donors (Lipinski definition) is 0. The van der Waals surface area contributed by atoms with Crippen LogP contribution in [0.5, 0.6) is 11.5 Å². The number of Topliss-reactive ketones (excluding diaryl/α,β-unsaturated/α-hetero) is 1. The topological polar surface area (TPSA) is 39.2 Å². The molecule has 0 bridgehead atoms. The van der Waals surface area contributed by atoms with Crippen molar-refractivity contribution in [1.29, 1.82) is 0 Å². The van der Waals surface area contributed by atoms with Gasteiger partial charge in [-0.05, 0) is 43.2 Å². The van der Waals surface area contributed by atoms with Crippen LogP contribution in [0.2, 0.25) is 0 Å². The fourth-order valence-electron chi connectivity index (χ4n) is 2.90. The highest BCUT2D eigenvalue weighted by molar-refractivity contribution is 6.02. The number of carbonyl (C=O) groups is 1. The zero-order valence-electron chi connectivity index (χ0n) is 12.1. The van der Waals surface area contributed by atoms with Crippen LogP contribution in [0.1, 0.15) is 28.9 Å². The van der Waals surface area contributed by atoms with Crippen molar-refractivity contribution in [3.8, 4) is 11.5 Å². The standard InChI is InChI=1S/C19H15NO2/c21-18-10-4-8-16-14(18)12-15-17(20-16)9-5-11-19(15)22-13-6-2-1-3-7-13/h1-3,5-7,9,11-12H,4,8,10H2. The van der Waals surface area contributed by atoms with Gasteiger partial charge in [-0.2, -0.15) is 0 Å². The number of para-hydroxylation sites is 1. The van der Waals surface area contributed by atoms with Crippen LogP contribution in [0.3, 0.4) is 0 Å². The maximum atomic E-state index is 12.1. The molecule has 0 atom stereocenters. The van der Waals surface area contributed by atoms with Crippen molar-refractivity contribution < 1.29 is 9.53 Å². The highest BCUT2D eigenvalue weighted by Gasteiger charge is 2.20. The summed E-state index contributed by atoms with van der Waals surface area (Å²) in [5.74, 6) is 1.70. The van der Waals surface area contributed by atoms with Gasteiger partial charge < -0.3 is 4.74 Å². The summed E-state index contributed by atoms with van der Waals surface area (Å²) in [7, 11) is 0. The maximum absolute atomic E-state index is 12.1. The van der Waals surface area contributed by atoms with Crippen LogP contribution in [0.25, 0.3) is 10.9 Å². The van der Waals surface area contributed by atoms with E-state index in [-0.39, 0.29) is 5.78 Å². The molecule has 0 spiro atoms. The molecule has 3 aromatic rings. The van der Waals surface area contributed by atoms with Crippen LogP contribution in [0, 0.1) is 0 Å². The van der Waals surface area contributed by atoms with Crippen molar-refractivity contribution in [2.45, 2.75) is 19.3 Å². The second-order valence-corrected chi connectivity index (χ2v) is 5.50. The van der Waals surface area contributed by atoms with Gasteiger partial charge in [-0.3, -0.25) is 9.78 Å². The third-order valence-electron chi connectivity index (χ3n) is 3.99. The molecule has 0 saturated carbocycles. The van der Waals surface area contributed by atoms with Gasteiger partial charge in [-0.15, -0.1) is 0 Å². The Morgan fingerprint density at radius 1 is 0.955 bits per heavy atom. The summed E-state index contributed by atoms with van der Waals surface area (Å²) in [6.07, 6.45) is 2.38. The summed E-state index contributed by atoms with van der Waals surface area (Å²) >= 11 is 0. The lowest BCUT2D eigenvalue weighted by Gasteiger charge is -2.16. The molecule has 0 fully saturated rings. The van der Waals surface area contributed by atoms with Crippen molar-refractivity contribution in [2.24, 2.45) is 0 Å². The van der Waals surface area contributed by atoms with Crippen LogP contribution >= 0.6 is 0 Å². The summed E-state index contributed by atoms with van der Waals surface area (Å²) < 4.78 is 5.97. The number of carbonyl (C=O) groups excluding carboxylic acids is 1. The molecular weight excluding hydrogens is 274 g/mol. The molecule has 1 aliphatic carbocycles. The average molecular weight is 289 g/mol. The van der Waals surface area contributed by atoms with Crippen molar-refractivity contribution >= 4 is 16.7 Å². The molecule has 1 heterocycles. The van der Waals surface area contributed by atoms with Crippen molar-refractivity contribution in [2.75, 3.05) is 0 Å². The number of benzene rings is 2. The van der Waals surface area contributed by atoms with Gasteiger partial charge in [0.05, 0.1) is 11.2 Å². The van der Waals surface area contributed by atoms with E-state index in [4.69, 9.17) is 4.74 Å². The van der Waals surface area contributed by atoms with E-state index >= 15 is 0 Å². The van der Waals surface area contributed by atoms with Crippen molar-refractivity contribution in [3.63, 3.8) is 0 Å². The number of pyridine rings is 1. The van der Waals surface area contributed by atoms with Gasteiger partial charge in [0.2, 0.25) is 0 Å². The van der Waals surface area contributed by atoms with Gasteiger partial charge in [-0.25, -0.2) is 0 Å². The Hall–Kier alpha value is -2.68. The zero-order valence-corrected chi connectivity index (χ0v) is 12.1. The van der Waals surface area contributed by atoms with Crippen LogP contribution in [-0.4, -0.2) is 10.8 Å². The molecule has 0 radical (unpaired) electrons. The number of hydrogen-bond acceptors (Lipinski definition) is 3. The average Bonchev–Trinajstić information content (AvgIpc) is 2.55. The van der Waals surface area contributed by atoms with Gasteiger partial charge >= 0.3 is 0 Å². The quantitative estimate of drug-likeness (QED) is 0.695. The van der Waals surface area contributed by atoms with Gasteiger partial charge in [0, 0.05) is 17.4 Å². The number of fused-ring (bicyclic) bond motifs is 2. The molecule has 1 aliphatic rings. The number of ether oxygens (including phenoxy) is 1. The first-order valence-electron chi connectivity index (χ1n) is 7.50. The first-order chi connectivity index (χ1) is 10.8. The van der Waals surface area contributed by atoms with Crippen molar-refractivity contribution in [3.05, 3.63) is 65.9 Å². The first kappa shape index (κ1) is 13.0. The number of nitrogens with zero attached hydrogens (tertiary/aromatic N) is 1. The zero-order chi connectivity index (χ0) is 14.9. The number of aryl methyl sites for hydroxylation is 1. The molecule has 108 valence electrons. The van der Waals surface area contributed by atoms with E-state index in [2.05, 4.69) is 4.98 Å². The molecule has 1 aromatic heterocycles. The van der Waals surface area contributed by atoms with Gasteiger partial charge in [0.25, 0.3) is 0 Å². The summed E-state index contributed by atoms with van der Waals surface area (Å²) in [6.45, 7) is 0. The highest BCUT2D eigenvalue weighted by Crippen LogP contribution is 2.32. The van der Waals surface area contributed by atoms with Crippen LogP contribution in [-0.2, 0) is 6.42 Å². The second kappa shape index (κ2) is 5.26. The Bertz CT molecular complexity index is 856. The fraction of sp³-hybridized carbons (Fsp3) is 0.158. The molecule has 2 aromatic carbocycles. The third-order valence-corrected chi connectivity index (χ3v) is 3.99. The first-order valence-corrected chi connectivity index (χ1v) is 7.50. The number of ketones is 1. The lowest BCUT2D eigenvalue weighted by molar-refractivity contribution is 0.0972. The highest BCUT2D eigenvalue weighted by atomic mass is 16.5. The summed E-state index contributed by atoms with van der Waals surface area (Å²) in [5, 5.41) is 0.889. The van der Waals surface area contributed by atoms with Crippen LogP contribution in [0.15, 0.2) is 54.6 Å². The van der Waals surface area contributed by atoms with E-state index in [1.54, 1.807) is 0 Å². The Morgan fingerprint density at radius 3 is 2.68 bits per heavy atom. The summed E-state index contributed by atoms with van der Waals surface area (Å²) in [6, 6.07) is 17.4. The van der Waals surface area contributed by atoms with E-state index in [0.29, 0.717) is 6.42 Å². The lowest BCUT2D eigenvalue weighted by Crippen LogP contribution is -2.12. The minimum absolute atomic E-state index is 0.185. The Balaban J connectivity index is 1.85. The fourth-order valence-corrected chi connectivity index (χ4v) is 2.90. The molecule has 0 N–H and O–H groups in total. The number of rotatable bonds is 2. The summed E-state index contributed by atoms with van der Waals surface area (Å²) in [4.78, 5) is 16.8. The Labute approximate surface area is 128 Å². The molecule has 22 heavy (non-hydrogen) atoms. The third kappa shape index (κ3) is 2.25. The SMILES string of the molecule is O=C1CCCc2nc3cccc(Oc4ccccc4)c3cc21. The molecule has 0 unspecified atom stereocenters. The molecule has 0 aliphatic heterocycles. The van der Waals surface area contributed by atoms with E-state index in [0.717, 1.165) is 46.5 Å². The van der Waals surface area contributed by atoms with Gasteiger partial charge in [0.1, 0.15) is 11.5 Å². The van der Waals surface area contributed by atoms with Crippen LogP contribution in [0.4, 0.5) is 0 Å². The maximum Gasteiger partial charge on any atom is 0.164 e. The normalized spacial score (nSPS) is 13.9. The smallest absolute Gasteiger partial charge is 0.164 e. The van der Waals surface area contributed by atoms with E-state index < -0.39 is 0 Å². The molecule has 0 saturated heterocycles. The van der Waals surface area contributed by atoms with E-state index in [9.17, 15) is 4.79 Å². The molecule has 3 heteroatoms. The summed E-state index contributed by atoms with van der Waals surface area (Å²) in [5.41, 5.74) is 2.55. The van der Waals surface area contributed by atoms with Gasteiger partial charge in [0.15, 0.2) is 5.78 Å². The monoisotopic (exact) mass is 289 g/mol. The minimum Gasteiger partial charge on any atom is -0.457 e. The Kier molecular flexibility index (Phi) is 3.11. The predicted molar refractivity (Wildman–Crippen MR) is 85.5 cm³/mol. The van der Waals surface area contributed by atoms with E-state index in [1.807, 2.05) is 54.6 Å².